The molecule has 0 aliphatic heterocycles. The molecule has 0 spiro atoms. The lowest BCUT2D eigenvalue weighted by atomic mass is 9.39. The number of benzene rings is 1. The van der Waals surface area contributed by atoms with E-state index in [9.17, 15) is 19.8 Å². The molecular weight excluding hydrogens is 388 g/mol. The quantitative estimate of drug-likeness (QED) is 0.570. The Bertz CT molecular complexity index is 908. The Hall–Kier alpha value is -1.84. The minimum absolute atomic E-state index is 0.0247. The molecule has 0 aromatic heterocycles. The summed E-state index contributed by atoms with van der Waals surface area (Å²) in [4.78, 5) is 23.6. The molecule has 4 heteroatoms. The highest BCUT2D eigenvalue weighted by molar-refractivity contribution is 5.88. The molecule has 170 valence electrons. The van der Waals surface area contributed by atoms with Crippen molar-refractivity contribution in [2.75, 3.05) is 0 Å². The van der Waals surface area contributed by atoms with Gasteiger partial charge in [0.15, 0.2) is 0 Å². The summed E-state index contributed by atoms with van der Waals surface area (Å²) in [5.74, 6) is 0.742. The summed E-state index contributed by atoms with van der Waals surface area (Å²) in [6, 6.07) is 4.66. The molecule has 4 nitrogen and oxygen atoms in total. The number of carboxylic acids is 1. The molecular formula is C27H38O4. The van der Waals surface area contributed by atoms with Crippen LogP contribution in [0.1, 0.15) is 89.1 Å². The zero-order valence-corrected chi connectivity index (χ0v) is 19.7. The van der Waals surface area contributed by atoms with Crippen LogP contribution in [0.2, 0.25) is 0 Å². The molecule has 3 fully saturated rings. The van der Waals surface area contributed by atoms with E-state index in [4.69, 9.17) is 0 Å². The van der Waals surface area contributed by atoms with Crippen molar-refractivity contribution in [3.05, 3.63) is 29.3 Å². The molecule has 1 aromatic carbocycles. The number of aldehydes is 1. The van der Waals surface area contributed by atoms with E-state index in [0.29, 0.717) is 24.2 Å². The molecule has 31 heavy (non-hydrogen) atoms. The number of aromatic hydroxyl groups is 1. The van der Waals surface area contributed by atoms with Crippen molar-refractivity contribution in [3.8, 4) is 5.75 Å². The van der Waals surface area contributed by atoms with Crippen LogP contribution in [0.15, 0.2) is 18.2 Å². The van der Waals surface area contributed by atoms with Gasteiger partial charge in [0, 0.05) is 5.41 Å². The first-order valence-electron chi connectivity index (χ1n) is 11.9. The number of carbonyl (C=O) groups excluding carboxylic acids is 1. The van der Waals surface area contributed by atoms with Crippen LogP contribution in [0.25, 0.3) is 0 Å². The third-order valence-corrected chi connectivity index (χ3v) is 10.8. The Morgan fingerprint density at radius 2 is 1.74 bits per heavy atom. The van der Waals surface area contributed by atoms with Gasteiger partial charge in [-0.2, -0.15) is 0 Å². The minimum atomic E-state index is -0.958. The van der Waals surface area contributed by atoms with Crippen molar-refractivity contribution in [1.29, 1.82) is 0 Å². The van der Waals surface area contributed by atoms with Gasteiger partial charge in [0.1, 0.15) is 12.0 Å². The highest BCUT2D eigenvalue weighted by Crippen LogP contribution is 2.73. The lowest BCUT2D eigenvalue weighted by Crippen LogP contribution is -2.58. The second-order valence-electron chi connectivity index (χ2n) is 11.9. The molecule has 0 heterocycles. The van der Waals surface area contributed by atoms with Crippen molar-refractivity contribution in [2.24, 2.45) is 39.4 Å². The molecule has 0 saturated heterocycles. The summed E-state index contributed by atoms with van der Waals surface area (Å²) >= 11 is 0. The van der Waals surface area contributed by atoms with Crippen molar-refractivity contribution in [1.82, 2.24) is 0 Å². The van der Waals surface area contributed by atoms with E-state index in [1.807, 2.05) is 0 Å². The third kappa shape index (κ3) is 3.00. The predicted octanol–water partition coefficient (Wildman–Crippen LogP) is 6.11. The van der Waals surface area contributed by atoms with Gasteiger partial charge in [0.25, 0.3) is 0 Å². The van der Waals surface area contributed by atoms with Gasteiger partial charge < -0.3 is 15.0 Å². The Balaban J connectivity index is 1.73. The summed E-state index contributed by atoms with van der Waals surface area (Å²) in [6.45, 7) is 11.7. The van der Waals surface area contributed by atoms with Crippen LogP contribution in [0.4, 0.5) is 0 Å². The Morgan fingerprint density at radius 3 is 2.39 bits per heavy atom. The van der Waals surface area contributed by atoms with Crippen LogP contribution in [0.3, 0.4) is 0 Å². The first-order valence-corrected chi connectivity index (χ1v) is 11.9. The maximum atomic E-state index is 12.1. The molecule has 7 atom stereocenters. The molecule has 3 saturated carbocycles. The second-order valence-corrected chi connectivity index (χ2v) is 11.9. The number of carboxylic acid groups (broad SMARTS) is 1. The van der Waals surface area contributed by atoms with Gasteiger partial charge in [-0.15, -0.1) is 0 Å². The number of phenols is 1. The molecule has 1 aromatic rings. The Kier molecular flexibility index (Phi) is 5.11. The normalized spacial score (nSPS) is 44.4. The molecule has 2 N–H and O–H groups in total. The van der Waals surface area contributed by atoms with E-state index in [-0.39, 0.29) is 33.0 Å². The SMILES string of the molecule is C[C@@H]1CC[C@@]2(C)[C@H](CC[C@]3(C)[C@H]2CC[C@@]3(C)C=O)[C@]1(C)Cc1cc(C(=O)O)ccc1O. The average molecular weight is 427 g/mol. The zero-order valence-electron chi connectivity index (χ0n) is 19.7. The summed E-state index contributed by atoms with van der Waals surface area (Å²) < 4.78 is 0. The summed E-state index contributed by atoms with van der Waals surface area (Å²) in [6.07, 6.45) is 8.49. The molecule has 0 amide bonds. The van der Waals surface area contributed by atoms with Crippen LogP contribution in [-0.4, -0.2) is 22.5 Å². The number of aromatic carboxylic acids is 1. The fraction of sp³-hybridized carbons (Fsp3) is 0.704. The number of fused-ring (bicyclic) bond motifs is 3. The minimum Gasteiger partial charge on any atom is -0.508 e. The van der Waals surface area contributed by atoms with Crippen molar-refractivity contribution in [3.63, 3.8) is 0 Å². The Labute approximate surface area is 186 Å². The molecule has 0 bridgehead atoms. The van der Waals surface area contributed by atoms with Crippen LogP contribution < -0.4 is 0 Å². The van der Waals surface area contributed by atoms with Crippen LogP contribution >= 0.6 is 0 Å². The fourth-order valence-corrected chi connectivity index (χ4v) is 8.37. The van der Waals surface area contributed by atoms with E-state index < -0.39 is 5.97 Å². The molecule has 3 aliphatic rings. The highest BCUT2D eigenvalue weighted by Gasteiger charge is 2.66. The maximum absolute atomic E-state index is 12.1. The fourth-order valence-electron chi connectivity index (χ4n) is 8.37. The van der Waals surface area contributed by atoms with Gasteiger partial charge in [-0.1, -0.05) is 34.6 Å². The zero-order chi connectivity index (χ0) is 22.8. The van der Waals surface area contributed by atoms with Crippen LogP contribution in [-0.2, 0) is 11.2 Å². The van der Waals surface area contributed by atoms with E-state index in [1.54, 1.807) is 6.07 Å². The number of carbonyl (C=O) groups is 2. The van der Waals surface area contributed by atoms with Gasteiger partial charge in [-0.05, 0) is 103 Å². The van der Waals surface area contributed by atoms with E-state index >= 15 is 0 Å². The van der Waals surface area contributed by atoms with E-state index in [2.05, 4.69) is 34.6 Å². The molecule has 3 aliphatic carbocycles. The summed E-state index contributed by atoms with van der Waals surface area (Å²) in [5, 5.41) is 20.0. The largest absolute Gasteiger partial charge is 0.508 e. The smallest absolute Gasteiger partial charge is 0.335 e. The van der Waals surface area contributed by atoms with Crippen molar-refractivity contribution >= 4 is 12.3 Å². The Morgan fingerprint density at radius 1 is 1.06 bits per heavy atom. The van der Waals surface area contributed by atoms with E-state index in [1.165, 1.54) is 24.8 Å². The number of rotatable bonds is 4. The number of hydrogen-bond acceptors (Lipinski definition) is 3. The lowest BCUT2D eigenvalue weighted by molar-refractivity contribution is -0.163. The number of hydrogen-bond donors (Lipinski definition) is 2. The standard InChI is InChI=1S/C27H38O4/c1-17-8-12-25(3)21(10-13-27(5)22(25)9-11-24(27,2)16-28)26(17,4)15-19-14-18(23(30)31)6-7-20(19)29/h6-7,14,16-17,21-22,29H,8-13,15H2,1-5H3,(H,30,31)/t17-,21+,22+,24+,25+,26-,27-/m1/s1. The van der Waals surface area contributed by atoms with Gasteiger partial charge in [-0.25, -0.2) is 4.79 Å². The van der Waals surface area contributed by atoms with Gasteiger partial charge in [0.2, 0.25) is 0 Å². The maximum Gasteiger partial charge on any atom is 0.335 e. The lowest BCUT2D eigenvalue weighted by Gasteiger charge is -2.65. The summed E-state index contributed by atoms with van der Waals surface area (Å²) in [7, 11) is 0. The van der Waals surface area contributed by atoms with Gasteiger partial charge in [-0.3, -0.25) is 0 Å². The van der Waals surface area contributed by atoms with E-state index in [0.717, 1.165) is 37.7 Å². The van der Waals surface area contributed by atoms with Gasteiger partial charge >= 0.3 is 5.97 Å². The number of phenolic OH excluding ortho intramolecular Hbond substituents is 1. The second kappa shape index (κ2) is 7.08. The first-order chi connectivity index (χ1) is 14.4. The average Bonchev–Trinajstić information content (AvgIpc) is 2.99. The monoisotopic (exact) mass is 426 g/mol. The predicted molar refractivity (Wildman–Crippen MR) is 121 cm³/mol. The van der Waals surface area contributed by atoms with Gasteiger partial charge in [0.05, 0.1) is 5.56 Å². The van der Waals surface area contributed by atoms with Crippen molar-refractivity contribution < 1.29 is 19.8 Å². The first kappa shape index (κ1) is 22.4. The summed E-state index contributed by atoms with van der Waals surface area (Å²) in [5.41, 5.74) is 0.928. The third-order valence-electron chi connectivity index (χ3n) is 10.8. The van der Waals surface area contributed by atoms with Crippen molar-refractivity contribution in [2.45, 2.75) is 79.6 Å². The molecule has 0 unspecified atom stereocenters. The highest BCUT2D eigenvalue weighted by atomic mass is 16.4. The molecule has 4 rings (SSSR count). The molecule has 0 radical (unpaired) electrons. The van der Waals surface area contributed by atoms with Crippen LogP contribution in [0.5, 0.6) is 5.75 Å². The topological polar surface area (TPSA) is 74.6 Å². The van der Waals surface area contributed by atoms with Crippen LogP contribution in [0, 0.1) is 39.4 Å².